The third-order valence-corrected chi connectivity index (χ3v) is 4.68. The van der Waals surface area contributed by atoms with E-state index >= 15 is 0 Å². The van der Waals surface area contributed by atoms with Crippen LogP contribution in [0.4, 0.5) is 11.4 Å². The van der Waals surface area contributed by atoms with Gasteiger partial charge in [-0.05, 0) is 41.5 Å². The molecule has 4 aromatic rings. The molecule has 30 heavy (non-hydrogen) atoms. The van der Waals surface area contributed by atoms with E-state index in [9.17, 15) is 9.59 Å². The second-order valence-electron chi connectivity index (χ2n) is 6.73. The summed E-state index contributed by atoms with van der Waals surface area (Å²) in [7, 11) is 0. The third kappa shape index (κ3) is 4.28. The van der Waals surface area contributed by atoms with Gasteiger partial charge in [-0.25, -0.2) is 0 Å². The summed E-state index contributed by atoms with van der Waals surface area (Å²) in [5.74, 6) is -0.670. The van der Waals surface area contributed by atoms with E-state index in [1.54, 1.807) is 12.1 Å². The minimum absolute atomic E-state index is 0.314. The van der Waals surface area contributed by atoms with Crippen LogP contribution in [0.3, 0.4) is 0 Å². The molecule has 0 aliphatic carbocycles. The number of hydrogen-bond donors (Lipinski definition) is 2. The van der Waals surface area contributed by atoms with E-state index in [1.165, 1.54) is 0 Å². The zero-order valence-electron chi connectivity index (χ0n) is 16.2. The first-order valence-corrected chi connectivity index (χ1v) is 9.63. The molecular weight excluding hydrogens is 372 g/mol. The first-order valence-electron chi connectivity index (χ1n) is 9.63. The molecule has 0 atom stereocenters. The lowest BCUT2D eigenvalue weighted by atomic mass is 9.94. The van der Waals surface area contributed by atoms with Gasteiger partial charge >= 0.3 is 0 Å². The first-order chi connectivity index (χ1) is 14.7. The van der Waals surface area contributed by atoms with Crippen molar-refractivity contribution in [3.05, 3.63) is 120 Å². The number of para-hydroxylation sites is 2. The number of nitrogens with one attached hydrogen (secondary N) is 2. The predicted octanol–water partition coefficient (Wildman–Crippen LogP) is 5.86. The zero-order valence-corrected chi connectivity index (χ0v) is 16.2. The lowest BCUT2D eigenvalue weighted by molar-refractivity contribution is 0.0991. The normalized spacial score (nSPS) is 10.3. The van der Waals surface area contributed by atoms with E-state index in [4.69, 9.17) is 0 Å². The van der Waals surface area contributed by atoms with Gasteiger partial charge in [0.15, 0.2) is 0 Å². The van der Waals surface area contributed by atoms with Crippen molar-refractivity contribution in [2.75, 3.05) is 10.6 Å². The van der Waals surface area contributed by atoms with Gasteiger partial charge in [-0.1, -0.05) is 78.9 Å². The van der Waals surface area contributed by atoms with Gasteiger partial charge in [0.1, 0.15) is 0 Å². The Balaban J connectivity index is 1.77. The van der Waals surface area contributed by atoms with Crippen LogP contribution in [0.1, 0.15) is 20.7 Å². The standard InChI is InChI=1S/C26H20N2O2/c29-25(27-20-13-6-2-7-14-20)23-18-10-17-22(19-11-4-1-5-12-19)24(23)26(30)28-21-15-8-3-9-16-21/h1-18H,(H,27,29)(H,28,30). The molecule has 2 amide bonds. The van der Waals surface area contributed by atoms with Gasteiger partial charge in [-0.15, -0.1) is 0 Å². The fourth-order valence-corrected chi connectivity index (χ4v) is 3.28. The molecule has 4 rings (SSSR count). The lowest BCUT2D eigenvalue weighted by Crippen LogP contribution is -2.21. The van der Waals surface area contributed by atoms with Gasteiger partial charge in [-0.2, -0.15) is 0 Å². The van der Waals surface area contributed by atoms with Crippen LogP contribution in [0.2, 0.25) is 0 Å². The van der Waals surface area contributed by atoms with E-state index in [2.05, 4.69) is 10.6 Å². The Hall–Kier alpha value is -4.18. The predicted molar refractivity (Wildman–Crippen MR) is 121 cm³/mol. The fourth-order valence-electron chi connectivity index (χ4n) is 3.28. The van der Waals surface area contributed by atoms with Gasteiger partial charge in [-0.3, -0.25) is 9.59 Å². The van der Waals surface area contributed by atoms with Crippen LogP contribution in [0.15, 0.2) is 109 Å². The minimum Gasteiger partial charge on any atom is -0.322 e. The molecule has 0 unspecified atom stereocenters. The quantitative estimate of drug-likeness (QED) is 0.447. The van der Waals surface area contributed by atoms with E-state index in [1.807, 2.05) is 97.1 Å². The van der Waals surface area contributed by atoms with Crippen molar-refractivity contribution in [2.45, 2.75) is 0 Å². The van der Waals surface area contributed by atoms with Crippen LogP contribution in [0.25, 0.3) is 11.1 Å². The fraction of sp³-hybridized carbons (Fsp3) is 0. The number of anilines is 2. The van der Waals surface area contributed by atoms with Crippen molar-refractivity contribution < 1.29 is 9.59 Å². The number of amides is 2. The highest BCUT2D eigenvalue weighted by Crippen LogP contribution is 2.28. The molecule has 146 valence electrons. The van der Waals surface area contributed by atoms with Crippen molar-refractivity contribution in [2.24, 2.45) is 0 Å². The smallest absolute Gasteiger partial charge is 0.257 e. The summed E-state index contributed by atoms with van der Waals surface area (Å²) in [6, 6.07) is 33.3. The first kappa shape index (κ1) is 19.2. The lowest BCUT2D eigenvalue weighted by Gasteiger charge is -2.15. The minimum atomic E-state index is -0.336. The summed E-state index contributed by atoms with van der Waals surface area (Å²) in [6.07, 6.45) is 0. The monoisotopic (exact) mass is 392 g/mol. The number of rotatable bonds is 5. The van der Waals surface area contributed by atoms with Gasteiger partial charge in [0, 0.05) is 11.4 Å². The molecule has 0 bridgehead atoms. The topological polar surface area (TPSA) is 58.2 Å². The van der Waals surface area contributed by atoms with Crippen LogP contribution in [-0.4, -0.2) is 11.8 Å². The van der Waals surface area contributed by atoms with Gasteiger partial charge in [0.05, 0.1) is 11.1 Å². The molecular formula is C26H20N2O2. The second-order valence-corrected chi connectivity index (χ2v) is 6.73. The molecule has 0 fully saturated rings. The highest BCUT2D eigenvalue weighted by atomic mass is 16.2. The molecule has 4 nitrogen and oxygen atoms in total. The number of carbonyl (C=O) groups is 2. The van der Waals surface area contributed by atoms with Crippen LogP contribution in [0.5, 0.6) is 0 Å². The molecule has 0 aliphatic heterocycles. The summed E-state index contributed by atoms with van der Waals surface area (Å²) < 4.78 is 0. The van der Waals surface area contributed by atoms with Crippen molar-refractivity contribution in [1.82, 2.24) is 0 Å². The van der Waals surface area contributed by atoms with Crippen molar-refractivity contribution in [3.8, 4) is 11.1 Å². The number of carbonyl (C=O) groups excluding carboxylic acids is 2. The summed E-state index contributed by atoms with van der Waals surface area (Å²) in [6.45, 7) is 0. The van der Waals surface area contributed by atoms with Crippen molar-refractivity contribution in [1.29, 1.82) is 0 Å². The summed E-state index contributed by atoms with van der Waals surface area (Å²) in [5.41, 5.74) is 3.55. The molecule has 0 heterocycles. The summed E-state index contributed by atoms with van der Waals surface area (Å²) >= 11 is 0. The van der Waals surface area contributed by atoms with Crippen molar-refractivity contribution in [3.63, 3.8) is 0 Å². The molecule has 4 aromatic carbocycles. The Bertz CT molecular complexity index is 1160. The van der Waals surface area contributed by atoms with Gasteiger partial charge < -0.3 is 10.6 Å². The molecule has 2 N–H and O–H groups in total. The maximum Gasteiger partial charge on any atom is 0.257 e. The maximum atomic E-state index is 13.3. The molecule has 0 spiro atoms. The largest absolute Gasteiger partial charge is 0.322 e. The molecule has 0 radical (unpaired) electrons. The Morgan fingerprint density at radius 1 is 0.500 bits per heavy atom. The average molecular weight is 392 g/mol. The zero-order chi connectivity index (χ0) is 20.8. The summed E-state index contributed by atoms with van der Waals surface area (Å²) in [5, 5.41) is 5.79. The summed E-state index contributed by atoms with van der Waals surface area (Å²) in [4.78, 5) is 26.4. The Morgan fingerprint density at radius 3 is 1.57 bits per heavy atom. The SMILES string of the molecule is O=C(Nc1ccccc1)c1cccc(-c2ccccc2)c1C(=O)Nc1ccccc1. The van der Waals surface area contributed by atoms with Gasteiger partial charge in [0.2, 0.25) is 0 Å². The van der Waals surface area contributed by atoms with Crippen LogP contribution in [-0.2, 0) is 0 Å². The van der Waals surface area contributed by atoms with E-state index in [0.717, 1.165) is 5.56 Å². The van der Waals surface area contributed by atoms with Crippen molar-refractivity contribution >= 4 is 23.2 Å². The van der Waals surface area contributed by atoms with Gasteiger partial charge in [0.25, 0.3) is 11.8 Å². The van der Waals surface area contributed by atoms with Crippen LogP contribution < -0.4 is 10.6 Å². The van der Waals surface area contributed by atoms with E-state index in [0.29, 0.717) is 28.1 Å². The average Bonchev–Trinajstić information content (AvgIpc) is 2.80. The highest BCUT2D eigenvalue weighted by molar-refractivity contribution is 6.18. The van der Waals surface area contributed by atoms with Crippen LogP contribution >= 0.6 is 0 Å². The Kier molecular flexibility index (Phi) is 5.67. The maximum absolute atomic E-state index is 13.3. The highest BCUT2D eigenvalue weighted by Gasteiger charge is 2.22. The molecule has 0 aromatic heterocycles. The Morgan fingerprint density at radius 2 is 1.00 bits per heavy atom. The molecule has 0 aliphatic rings. The third-order valence-electron chi connectivity index (χ3n) is 4.68. The molecule has 4 heteroatoms. The Labute approximate surface area is 175 Å². The molecule has 0 saturated carbocycles. The van der Waals surface area contributed by atoms with E-state index in [-0.39, 0.29) is 11.8 Å². The number of hydrogen-bond acceptors (Lipinski definition) is 2. The number of benzene rings is 4. The molecule has 0 saturated heterocycles. The van der Waals surface area contributed by atoms with E-state index < -0.39 is 0 Å². The second kappa shape index (κ2) is 8.88. The van der Waals surface area contributed by atoms with Crippen LogP contribution in [0, 0.1) is 0 Å².